The Morgan fingerprint density at radius 3 is 2.59 bits per heavy atom. The molecule has 1 amide bonds. The second kappa shape index (κ2) is 6.36. The average Bonchev–Trinajstić information content (AvgIpc) is 3.18. The monoisotopic (exact) mass is 319 g/mol. The highest BCUT2D eigenvalue weighted by atomic mass is 32.2. The maximum absolute atomic E-state index is 12.2. The van der Waals surface area contributed by atoms with Crippen molar-refractivity contribution < 1.29 is 18.7 Å². The number of carbonyl (C=O) groups excluding carboxylic acids is 1. The van der Waals surface area contributed by atoms with Crippen LogP contribution in [0.25, 0.3) is 0 Å². The minimum Gasteiger partial charge on any atom is -0.497 e. The standard InChI is InChI=1S/C16H17NO4S/c1-19-13-6-11(7-14(8-13)20-2)16-17(15(18)10-22-16)9-12-4-3-5-21-12/h3-8,16H,9-10H2,1-2H3. The van der Waals surface area contributed by atoms with Gasteiger partial charge in [-0.1, -0.05) is 0 Å². The summed E-state index contributed by atoms with van der Waals surface area (Å²) in [6, 6.07) is 9.40. The maximum atomic E-state index is 12.2. The molecule has 1 atom stereocenters. The van der Waals surface area contributed by atoms with Gasteiger partial charge in [-0.05, 0) is 29.8 Å². The van der Waals surface area contributed by atoms with E-state index in [1.807, 2.05) is 35.2 Å². The summed E-state index contributed by atoms with van der Waals surface area (Å²) in [7, 11) is 3.23. The van der Waals surface area contributed by atoms with Gasteiger partial charge in [0.1, 0.15) is 22.6 Å². The van der Waals surface area contributed by atoms with Crippen LogP contribution in [0.15, 0.2) is 41.0 Å². The summed E-state index contributed by atoms with van der Waals surface area (Å²) in [5.74, 6) is 2.77. The lowest BCUT2D eigenvalue weighted by atomic mass is 10.1. The molecule has 1 saturated heterocycles. The van der Waals surface area contributed by atoms with Crippen LogP contribution in [0.2, 0.25) is 0 Å². The van der Waals surface area contributed by atoms with E-state index in [9.17, 15) is 4.79 Å². The lowest BCUT2D eigenvalue weighted by Gasteiger charge is -2.24. The molecule has 2 heterocycles. The Morgan fingerprint density at radius 2 is 2.00 bits per heavy atom. The molecule has 1 fully saturated rings. The predicted octanol–water partition coefficient (Wildman–Crippen LogP) is 3.07. The zero-order valence-electron chi connectivity index (χ0n) is 12.4. The summed E-state index contributed by atoms with van der Waals surface area (Å²) < 4.78 is 16.0. The molecule has 1 aromatic carbocycles. The number of hydrogen-bond acceptors (Lipinski definition) is 5. The Morgan fingerprint density at radius 1 is 1.27 bits per heavy atom. The molecule has 2 aromatic rings. The van der Waals surface area contributed by atoms with E-state index in [0.717, 1.165) is 11.3 Å². The molecule has 0 bridgehead atoms. The van der Waals surface area contributed by atoms with E-state index in [4.69, 9.17) is 13.9 Å². The van der Waals surface area contributed by atoms with Gasteiger partial charge in [0.05, 0.1) is 32.8 Å². The normalized spacial score (nSPS) is 17.8. The Bertz CT molecular complexity index is 634. The zero-order valence-corrected chi connectivity index (χ0v) is 13.3. The lowest BCUT2D eigenvalue weighted by molar-refractivity contribution is -0.128. The quantitative estimate of drug-likeness (QED) is 0.848. The predicted molar refractivity (Wildman–Crippen MR) is 84.0 cm³/mol. The first kappa shape index (κ1) is 14.8. The number of carbonyl (C=O) groups is 1. The first-order chi connectivity index (χ1) is 10.7. The first-order valence-corrected chi connectivity index (χ1v) is 7.92. The molecule has 0 radical (unpaired) electrons. The molecular formula is C16H17NO4S. The van der Waals surface area contributed by atoms with Gasteiger partial charge < -0.3 is 18.8 Å². The van der Waals surface area contributed by atoms with Crippen molar-refractivity contribution in [2.24, 2.45) is 0 Å². The van der Waals surface area contributed by atoms with E-state index in [2.05, 4.69) is 0 Å². The van der Waals surface area contributed by atoms with Gasteiger partial charge in [-0.3, -0.25) is 4.79 Å². The van der Waals surface area contributed by atoms with Crippen LogP contribution in [0.5, 0.6) is 11.5 Å². The van der Waals surface area contributed by atoms with Crippen LogP contribution in [0.4, 0.5) is 0 Å². The number of thioether (sulfide) groups is 1. The molecule has 1 aliphatic rings. The highest BCUT2D eigenvalue weighted by Gasteiger charge is 2.33. The van der Waals surface area contributed by atoms with Crippen LogP contribution in [0.3, 0.4) is 0 Å². The molecule has 116 valence electrons. The Kier molecular flexibility index (Phi) is 4.29. The summed E-state index contributed by atoms with van der Waals surface area (Å²) in [5.41, 5.74) is 0.985. The molecule has 0 spiro atoms. The molecule has 6 heteroatoms. The molecule has 1 aliphatic heterocycles. The second-order valence-corrected chi connectivity index (χ2v) is 5.98. The maximum Gasteiger partial charge on any atom is 0.234 e. The fraction of sp³-hybridized carbons (Fsp3) is 0.312. The Hall–Kier alpha value is -2.08. The SMILES string of the molecule is COc1cc(OC)cc(C2SCC(=O)N2Cc2ccco2)c1. The fourth-order valence-corrected chi connectivity index (χ4v) is 3.61. The van der Waals surface area contributed by atoms with Gasteiger partial charge in [0.15, 0.2) is 0 Å². The molecule has 0 aliphatic carbocycles. The molecular weight excluding hydrogens is 302 g/mol. The number of furan rings is 1. The number of rotatable bonds is 5. The van der Waals surface area contributed by atoms with Crippen molar-refractivity contribution in [2.45, 2.75) is 11.9 Å². The van der Waals surface area contributed by atoms with Gasteiger partial charge in [-0.2, -0.15) is 0 Å². The summed E-state index contributed by atoms with van der Waals surface area (Å²) in [5, 5.41) is -0.0680. The number of hydrogen-bond donors (Lipinski definition) is 0. The number of benzene rings is 1. The van der Waals surface area contributed by atoms with E-state index in [-0.39, 0.29) is 11.3 Å². The van der Waals surface area contributed by atoms with Crippen molar-refractivity contribution in [2.75, 3.05) is 20.0 Å². The third-order valence-corrected chi connectivity index (χ3v) is 4.79. The number of methoxy groups -OCH3 is 2. The largest absolute Gasteiger partial charge is 0.497 e. The highest BCUT2D eigenvalue weighted by molar-refractivity contribution is 8.00. The highest BCUT2D eigenvalue weighted by Crippen LogP contribution is 2.41. The Labute approximate surface area is 133 Å². The topological polar surface area (TPSA) is 51.9 Å². The first-order valence-electron chi connectivity index (χ1n) is 6.87. The molecule has 1 aromatic heterocycles. The molecule has 22 heavy (non-hydrogen) atoms. The van der Waals surface area contributed by atoms with Crippen molar-refractivity contribution in [3.05, 3.63) is 47.9 Å². The van der Waals surface area contributed by atoms with E-state index < -0.39 is 0 Å². The van der Waals surface area contributed by atoms with Crippen LogP contribution in [-0.4, -0.2) is 30.8 Å². The van der Waals surface area contributed by atoms with Crippen molar-refractivity contribution in [3.63, 3.8) is 0 Å². The van der Waals surface area contributed by atoms with Crippen molar-refractivity contribution in [1.29, 1.82) is 0 Å². The number of amides is 1. The smallest absolute Gasteiger partial charge is 0.234 e. The summed E-state index contributed by atoms with van der Waals surface area (Å²) in [4.78, 5) is 14.0. The van der Waals surface area contributed by atoms with Gasteiger partial charge in [-0.25, -0.2) is 0 Å². The minimum absolute atomic E-state index is 0.0680. The minimum atomic E-state index is -0.0680. The van der Waals surface area contributed by atoms with Crippen LogP contribution in [-0.2, 0) is 11.3 Å². The Balaban J connectivity index is 1.90. The van der Waals surface area contributed by atoms with Gasteiger partial charge in [-0.15, -0.1) is 11.8 Å². The van der Waals surface area contributed by atoms with E-state index >= 15 is 0 Å². The molecule has 0 saturated carbocycles. The molecule has 0 N–H and O–H groups in total. The molecule has 5 nitrogen and oxygen atoms in total. The lowest BCUT2D eigenvalue weighted by Crippen LogP contribution is -2.27. The summed E-state index contributed by atoms with van der Waals surface area (Å²) in [6.45, 7) is 0.461. The van der Waals surface area contributed by atoms with E-state index in [1.165, 1.54) is 0 Å². The van der Waals surface area contributed by atoms with Gasteiger partial charge in [0.25, 0.3) is 0 Å². The summed E-state index contributed by atoms with van der Waals surface area (Å²) in [6.07, 6.45) is 1.62. The third-order valence-electron chi connectivity index (χ3n) is 3.53. The fourth-order valence-electron chi connectivity index (χ4n) is 2.44. The second-order valence-electron chi connectivity index (χ2n) is 4.91. The van der Waals surface area contributed by atoms with Crippen molar-refractivity contribution >= 4 is 17.7 Å². The zero-order chi connectivity index (χ0) is 15.5. The van der Waals surface area contributed by atoms with Gasteiger partial charge in [0, 0.05) is 6.07 Å². The average molecular weight is 319 g/mol. The van der Waals surface area contributed by atoms with E-state index in [0.29, 0.717) is 23.8 Å². The molecule has 3 rings (SSSR count). The van der Waals surface area contributed by atoms with Crippen molar-refractivity contribution in [1.82, 2.24) is 4.90 Å². The van der Waals surface area contributed by atoms with Gasteiger partial charge in [0.2, 0.25) is 5.91 Å². The summed E-state index contributed by atoms with van der Waals surface area (Å²) >= 11 is 1.60. The van der Waals surface area contributed by atoms with Crippen LogP contribution in [0, 0.1) is 0 Å². The van der Waals surface area contributed by atoms with E-state index in [1.54, 1.807) is 32.2 Å². The number of ether oxygens (including phenoxy) is 2. The number of nitrogens with zero attached hydrogens (tertiary/aromatic N) is 1. The van der Waals surface area contributed by atoms with Crippen LogP contribution in [0.1, 0.15) is 16.7 Å². The molecule has 1 unspecified atom stereocenters. The van der Waals surface area contributed by atoms with Gasteiger partial charge >= 0.3 is 0 Å². The van der Waals surface area contributed by atoms with Crippen LogP contribution >= 0.6 is 11.8 Å². The third kappa shape index (κ3) is 2.92. The van der Waals surface area contributed by atoms with Crippen LogP contribution < -0.4 is 9.47 Å². The van der Waals surface area contributed by atoms with Crippen molar-refractivity contribution in [3.8, 4) is 11.5 Å².